The number of para-hydroxylation sites is 3. The topological polar surface area (TPSA) is 86.5 Å². The molecule has 0 saturated heterocycles. The van der Waals surface area contributed by atoms with Crippen LogP contribution in [0.25, 0.3) is 22.6 Å². The Bertz CT molecular complexity index is 1610. The highest BCUT2D eigenvalue weighted by Gasteiger charge is 2.22. The van der Waals surface area contributed by atoms with Crippen LogP contribution in [0.1, 0.15) is 58.7 Å². The molecule has 41 heavy (non-hydrogen) atoms. The zero-order valence-electron chi connectivity index (χ0n) is 23.1. The molecule has 1 aliphatic carbocycles. The molecule has 0 spiro atoms. The molecular weight excluding hydrogens is 514 g/mol. The summed E-state index contributed by atoms with van der Waals surface area (Å²) in [4.78, 5) is 21.3. The third-order valence-electron chi connectivity index (χ3n) is 7.42. The molecule has 7 nitrogen and oxygen atoms in total. The number of hydrogen-bond acceptors (Lipinski definition) is 7. The van der Waals surface area contributed by atoms with Gasteiger partial charge in [0, 0.05) is 17.3 Å². The largest absolute Gasteiger partial charge is 0.489 e. The molecule has 0 bridgehead atoms. The molecular formula is C34H33N3O4. The summed E-state index contributed by atoms with van der Waals surface area (Å²) in [6.07, 6.45) is 3.81. The number of fused-ring (bicyclic) bond motifs is 2. The first-order valence-corrected chi connectivity index (χ1v) is 14.2. The first kappa shape index (κ1) is 26.7. The van der Waals surface area contributed by atoms with E-state index in [0.29, 0.717) is 24.8 Å². The van der Waals surface area contributed by atoms with E-state index in [1.165, 1.54) is 5.56 Å². The molecule has 2 heterocycles. The van der Waals surface area contributed by atoms with E-state index in [1.54, 1.807) is 13.0 Å². The molecule has 2 aromatic heterocycles. The van der Waals surface area contributed by atoms with E-state index >= 15 is 0 Å². The number of aryl methyl sites for hydroxylation is 1. The first-order valence-electron chi connectivity index (χ1n) is 14.2. The molecule has 1 N–H and O–H groups in total. The fourth-order valence-electron chi connectivity index (χ4n) is 5.32. The van der Waals surface area contributed by atoms with Crippen LogP contribution in [-0.4, -0.2) is 29.1 Å². The Labute approximate surface area is 239 Å². The van der Waals surface area contributed by atoms with Crippen LogP contribution < -0.4 is 10.1 Å². The highest BCUT2D eigenvalue weighted by Crippen LogP contribution is 2.29. The second kappa shape index (κ2) is 12.4. The van der Waals surface area contributed by atoms with Gasteiger partial charge in [0.15, 0.2) is 5.58 Å². The van der Waals surface area contributed by atoms with E-state index in [9.17, 15) is 4.79 Å². The summed E-state index contributed by atoms with van der Waals surface area (Å²) in [5.41, 5.74) is 7.37. The maximum Gasteiger partial charge on any atom is 0.356 e. The minimum Gasteiger partial charge on any atom is -0.489 e. The standard InChI is InChI=1S/C34H33N3O4/c1-2-39-34(38)30-19-18-26-27(10-7-11-28(26)36-30)35-21-20-24-8-3-5-12-31(24)40-22-23-14-16-25(17-15-23)33-37-29-9-4-6-13-32(29)41-33/h3-6,8-9,12-19,27,35H,2,7,10-11,20-22H2,1H3. The molecule has 0 fully saturated rings. The lowest BCUT2D eigenvalue weighted by Gasteiger charge is -2.26. The van der Waals surface area contributed by atoms with E-state index in [-0.39, 0.29) is 12.0 Å². The number of benzene rings is 3. The van der Waals surface area contributed by atoms with Crippen molar-refractivity contribution in [2.45, 2.75) is 45.3 Å². The highest BCUT2D eigenvalue weighted by molar-refractivity contribution is 5.87. The summed E-state index contributed by atoms with van der Waals surface area (Å²) < 4.78 is 17.3. The zero-order chi connectivity index (χ0) is 28.0. The summed E-state index contributed by atoms with van der Waals surface area (Å²) in [7, 11) is 0. The number of nitrogens with zero attached hydrogens (tertiary/aromatic N) is 2. The average Bonchev–Trinajstić information content (AvgIpc) is 3.45. The van der Waals surface area contributed by atoms with Crippen LogP contribution in [-0.2, 0) is 24.2 Å². The van der Waals surface area contributed by atoms with Crippen molar-refractivity contribution in [2.75, 3.05) is 13.2 Å². The summed E-state index contributed by atoms with van der Waals surface area (Å²) in [6, 6.07) is 28.1. The lowest BCUT2D eigenvalue weighted by atomic mass is 9.91. The van der Waals surface area contributed by atoms with Crippen LogP contribution in [0, 0.1) is 0 Å². The van der Waals surface area contributed by atoms with Crippen molar-refractivity contribution in [3.05, 3.63) is 113 Å². The normalized spacial score (nSPS) is 14.5. The van der Waals surface area contributed by atoms with Gasteiger partial charge >= 0.3 is 5.97 Å². The molecule has 1 atom stereocenters. The number of carbonyl (C=O) groups excluding carboxylic acids is 1. The van der Waals surface area contributed by atoms with Crippen molar-refractivity contribution in [1.82, 2.24) is 15.3 Å². The van der Waals surface area contributed by atoms with Crippen LogP contribution in [0.2, 0.25) is 0 Å². The second-order valence-electron chi connectivity index (χ2n) is 10.2. The molecule has 3 aromatic carbocycles. The van der Waals surface area contributed by atoms with Crippen LogP contribution in [0.5, 0.6) is 5.75 Å². The molecule has 1 unspecified atom stereocenters. The van der Waals surface area contributed by atoms with Gasteiger partial charge in [-0.2, -0.15) is 0 Å². The lowest BCUT2D eigenvalue weighted by Crippen LogP contribution is -2.28. The molecule has 1 aliphatic rings. The Morgan fingerprint density at radius 3 is 2.66 bits per heavy atom. The van der Waals surface area contributed by atoms with E-state index in [1.807, 2.05) is 60.7 Å². The van der Waals surface area contributed by atoms with Gasteiger partial charge in [0.2, 0.25) is 5.89 Å². The van der Waals surface area contributed by atoms with E-state index in [4.69, 9.17) is 13.9 Å². The number of aromatic nitrogens is 2. The van der Waals surface area contributed by atoms with Crippen molar-refractivity contribution in [3.63, 3.8) is 0 Å². The number of rotatable bonds is 10. The number of hydrogen-bond donors (Lipinski definition) is 1. The predicted octanol–water partition coefficient (Wildman–Crippen LogP) is 6.86. The number of oxazole rings is 1. The zero-order valence-corrected chi connectivity index (χ0v) is 23.1. The third-order valence-corrected chi connectivity index (χ3v) is 7.42. The molecule has 0 saturated carbocycles. The van der Waals surface area contributed by atoms with Gasteiger partial charge in [0.25, 0.3) is 0 Å². The molecule has 0 aliphatic heterocycles. The van der Waals surface area contributed by atoms with Gasteiger partial charge in [-0.3, -0.25) is 0 Å². The molecule has 6 rings (SSSR count). The van der Waals surface area contributed by atoms with E-state index in [0.717, 1.165) is 71.5 Å². The second-order valence-corrected chi connectivity index (χ2v) is 10.2. The Kier molecular flexibility index (Phi) is 8.05. The maximum atomic E-state index is 12.1. The third kappa shape index (κ3) is 6.15. The van der Waals surface area contributed by atoms with Gasteiger partial charge in [0.1, 0.15) is 23.6 Å². The quantitative estimate of drug-likeness (QED) is 0.191. The molecule has 208 valence electrons. The van der Waals surface area contributed by atoms with Crippen LogP contribution >= 0.6 is 0 Å². The monoisotopic (exact) mass is 547 g/mol. The van der Waals surface area contributed by atoms with Crippen molar-refractivity contribution >= 4 is 17.1 Å². The number of nitrogens with one attached hydrogen (secondary N) is 1. The number of esters is 1. The molecule has 0 radical (unpaired) electrons. The number of carbonyl (C=O) groups is 1. The van der Waals surface area contributed by atoms with Crippen LogP contribution in [0.15, 0.2) is 89.3 Å². The number of ether oxygens (including phenoxy) is 2. The minimum absolute atomic E-state index is 0.218. The Balaban J connectivity index is 1.05. The summed E-state index contributed by atoms with van der Waals surface area (Å²) in [6.45, 7) is 3.44. The van der Waals surface area contributed by atoms with Crippen molar-refractivity contribution in [2.24, 2.45) is 0 Å². The van der Waals surface area contributed by atoms with Gasteiger partial charge in [-0.1, -0.05) is 48.5 Å². The smallest absolute Gasteiger partial charge is 0.356 e. The fourth-order valence-corrected chi connectivity index (χ4v) is 5.32. The van der Waals surface area contributed by atoms with Crippen LogP contribution in [0.4, 0.5) is 0 Å². The van der Waals surface area contributed by atoms with Crippen molar-refractivity contribution < 1.29 is 18.7 Å². The number of pyridine rings is 1. The predicted molar refractivity (Wildman–Crippen MR) is 158 cm³/mol. The van der Waals surface area contributed by atoms with Crippen molar-refractivity contribution in [1.29, 1.82) is 0 Å². The van der Waals surface area contributed by atoms with Gasteiger partial charge in [-0.15, -0.1) is 0 Å². The fraction of sp³-hybridized carbons (Fsp3) is 0.265. The van der Waals surface area contributed by atoms with E-state index in [2.05, 4.69) is 33.5 Å². The Morgan fingerprint density at radius 2 is 1.80 bits per heavy atom. The lowest BCUT2D eigenvalue weighted by molar-refractivity contribution is 0.0519. The van der Waals surface area contributed by atoms with Gasteiger partial charge < -0.3 is 19.2 Å². The summed E-state index contributed by atoms with van der Waals surface area (Å²) in [5.74, 6) is 1.15. The van der Waals surface area contributed by atoms with Crippen molar-refractivity contribution in [3.8, 4) is 17.2 Å². The molecule has 7 heteroatoms. The SMILES string of the molecule is CCOC(=O)c1ccc2c(n1)CCCC2NCCc1ccccc1OCc1ccc(-c2nc3ccccc3o2)cc1. The molecule has 0 amide bonds. The van der Waals surface area contributed by atoms with Gasteiger partial charge in [-0.05, 0) is 92.2 Å². The van der Waals surface area contributed by atoms with E-state index < -0.39 is 0 Å². The highest BCUT2D eigenvalue weighted by atomic mass is 16.5. The van der Waals surface area contributed by atoms with Gasteiger partial charge in [-0.25, -0.2) is 14.8 Å². The Hall–Kier alpha value is -4.49. The Morgan fingerprint density at radius 1 is 0.976 bits per heavy atom. The average molecular weight is 548 g/mol. The molecule has 5 aromatic rings. The van der Waals surface area contributed by atoms with Crippen LogP contribution in [0.3, 0.4) is 0 Å². The summed E-state index contributed by atoms with van der Waals surface area (Å²) in [5, 5.41) is 3.71. The maximum absolute atomic E-state index is 12.1. The van der Waals surface area contributed by atoms with Gasteiger partial charge in [0.05, 0.1) is 6.61 Å². The minimum atomic E-state index is -0.360. The summed E-state index contributed by atoms with van der Waals surface area (Å²) >= 11 is 0. The first-order chi connectivity index (χ1) is 20.2.